The van der Waals surface area contributed by atoms with Gasteiger partial charge in [0.1, 0.15) is 17.3 Å². The fourth-order valence-corrected chi connectivity index (χ4v) is 3.52. The van der Waals surface area contributed by atoms with Gasteiger partial charge in [-0.05, 0) is 30.3 Å². The summed E-state index contributed by atoms with van der Waals surface area (Å²) in [4.78, 5) is 21.0. The van der Waals surface area contributed by atoms with E-state index >= 15 is 0 Å². The number of amides is 1. The van der Waals surface area contributed by atoms with Crippen LogP contribution < -0.4 is 20.1 Å². The minimum absolute atomic E-state index is 0.110. The Hall–Kier alpha value is -3.20. The van der Waals surface area contributed by atoms with Crippen molar-refractivity contribution in [3.8, 4) is 11.5 Å². The number of hydrogen-bond donors (Lipinski definition) is 2. The van der Waals surface area contributed by atoms with Gasteiger partial charge in [0, 0.05) is 45.3 Å². The molecule has 0 saturated carbocycles. The lowest BCUT2D eigenvalue weighted by molar-refractivity contribution is -0.120. The number of methoxy groups -OCH3 is 2. The standard InChI is InChI=1S/C22H31N5O4/c1-23-22(25-15-21(28)24-14-19-5-4-12-31-19)27-10-8-26(9-11-27)16-17-13-18(29-2)6-7-20(17)30-3/h4-7,12-13H,8-11,14-16H2,1-3H3,(H,23,25)(H,24,28). The van der Waals surface area contributed by atoms with Gasteiger partial charge in [-0.15, -0.1) is 0 Å². The Morgan fingerprint density at radius 1 is 1.13 bits per heavy atom. The molecule has 0 atom stereocenters. The SMILES string of the molecule is CN=C(NCC(=O)NCc1ccco1)N1CCN(Cc2cc(OC)ccc2OC)CC1. The van der Waals surface area contributed by atoms with Crippen molar-refractivity contribution in [2.45, 2.75) is 13.1 Å². The normalized spacial score (nSPS) is 14.9. The number of furan rings is 1. The lowest BCUT2D eigenvalue weighted by atomic mass is 10.1. The number of carbonyl (C=O) groups excluding carboxylic acids is 1. The molecule has 1 aliphatic rings. The number of hydrogen-bond acceptors (Lipinski definition) is 6. The number of carbonyl (C=O) groups is 1. The Labute approximate surface area is 183 Å². The smallest absolute Gasteiger partial charge is 0.239 e. The Morgan fingerprint density at radius 2 is 1.94 bits per heavy atom. The van der Waals surface area contributed by atoms with Crippen LogP contribution in [0.4, 0.5) is 0 Å². The Balaban J connectivity index is 1.45. The van der Waals surface area contributed by atoms with Crippen LogP contribution in [-0.4, -0.2) is 75.7 Å². The summed E-state index contributed by atoms with van der Waals surface area (Å²) < 4.78 is 16.1. The fraction of sp³-hybridized carbons (Fsp3) is 0.455. The molecule has 2 aromatic rings. The highest BCUT2D eigenvalue weighted by molar-refractivity contribution is 5.86. The van der Waals surface area contributed by atoms with Crippen molar-refractivity contribution < 1.29 is 18.7 Å². The molecule has 0 spiro atoms. The van der Waals surface area contributed by atoms with Crippen molar-refractivity contribution in [3.63, 3.8) is 0 Å². The van der Waals surface area contributed by atoms with E-state index in [0.717, 1.165) is 61.5 Å². The van der Waals surface area contributed by atoms with Gasteiger partial charge in [-0.1, -0.05) is 0 Å². The lowest BCUT2D eigenvalue weighted by Crippen LogP contribution is -2.53. The first-order valence-corrected chi connectivity index (χ1v) is 10.3. The highest BCUT2D eigenvalue weighted by Crippen LogP contribution is 2.25. The summed E-state index contributed by atoms with van der Waals surface area (Å²) in [6.45, 7) is 4.72. The van der Waals surface area contributed by atoms with Crippen molar-refractivity contribution in [1.29, 1.82) is 0 Å². The van der Waals surface area contributed by atoms with E-state index in [2.05, 4.69) is 25.4 Å². The topological polar surface area (TPSA) is 91.6 Å². The fourth-order valence-electron chi connectivity index (χ4n) is 3.52. The maximum Gasteiger partial charge on any atom is 0.239 e. The molecule has 1 aromatic heterocycles. The first-order chi connectivity index (χ1) is 15.1. The molecule has 1 fully saturated rings. The summed E-state index contributed by atoms with van der Waals surface area (Å²) in [6, 6.07) is 9.49. The van der Waals surface area contributed by atoms with Gasteiger partial charge < -0.3 is 29.4 Å². The van der Waals surface area contributed by atoms with Crippen LogP contribution in [0.2, 0.25) is 0 Å². The number of rotatable bonds is 8. The second-order valence-corrected chi connectivity index (χ2v) is 7.20. The summed E-state index contributed by atoms with van der Waals surface area (Å²) in [5.74, 6) is 3.03. The van der Waals surface area contributed by atoms with Gasteiger partial charge in [0.2, 0.25) is 5.91 Å². The first-order valence-electron chi connectivity index (χ1n) is 10.3. The highest BCUT2D eigenvalue weighted by Gasteiger charge is 2.21. The third-order valence-electron chi connectivity index (χ3n) is 5.21. The van der Waals surface area contributed by atoms with Gasteiger partial charge in [-0.2, -0.15) is 0 Å². The summed E-state index contributed by atoms with van der Waals surface area (Å²) in [6.07, 6.45) is 1.59. The zero-order valence-corrected chi connectivity index (χ0v) is 18.4. The van der Waals surface area contributed by atoms with E-state index < -0.39 is 0 Å². The lowest BCUT2D eigenvalue weighted by Gasteiger charge is -2.36. The van der Waals surface area contributed by atoms with E-state index in [1.165, 1.54) is 0 Å². The molecule has 3 rings (SSSR count). The molecule has 0 bridgehead atoms. The van der Waals surface area contributed by atoms with E-state index in [1.807, 2.05) is 24.3 Å². The van der Waals surface area contributed by atoms with Crippen molar-refractivity contribution >= 4 is 11.9 Å². The molecule has 2 N–H and O–H groups in total. The van der Waals surface area contributed by atoms with Crippen LogP contribution in [-0.2, 0) is 17.9 Å². The second-order valence-electron chi connectivity index (χ2n) is 7.20. The summed E-state index contributed by atoms with van der Waals surface area (Å²) >= 11 is 0. The molecule has 1 amide bonds. The van der Waals surface area contributed by atoms with Crippen LogP contribution in [0.5, 0.6) is 11.5 Å². The van der Waals surface area contributed by atoms with Gasteiger partial charge in [0.25, 0.3) is 0 Å². The van der Waals surface area contributed by atoms with Crippen LogP contribution >= 0.6 is 0 Å². The highest BCUT2D eigenvalue weighted by atomic mass is 16.5. The first kappa shape index (κ1) is 22.5. The van der Waals surface area contributed by atoms with Crippen molar-refractivity contribution in [2.75, 3.05) is 54.0 Å². The van der Waals surface area contributed by atoms with Crippen LogP contribution in [0.3, 0.4) is 0 Å². The molecule has 1 saturated heterocycles. The van der Waals surface area contributed by atoms with E-state index in [4.69, 9.17) is 13.9 Å². The average Bonchev–Trinajstić information content (AvgIpc) is 3.33. The third-order valence-corrected chi connectivity index (χ3v) is 5.21. The number of aliphatic imine (C=N–C) groups is 1. The van der Waals surface area contributed by atoms with E-state index in [1.54, 1.807) is 33.6 Å². The number of ether oxygens (including phenoxy) is 2. The molecule has 9 nitrogen and oxygen atoms in total. The maximum atomic E-state index is 12.1. The largest absolute Gasteiger partial charge is 0.497 e. The molecular weight excluding hydrogens is 398 g/mol. The number of benzene rings is 1. The van der Waals surface area contributed by atoms with Gasteiger partial charge in [0.15, 0.2) is 5.96 Å². The second kappa shape index (κ2) is 11.3. The summed E-state index contributed by atoms with van der Waals surface area (Å²) in [5, 5.41) is 5.97. The minimum Gasteiger partial charge on any atom is -0.497 e. The zero-order chi connectivity index (χ0) is 22.1. The van der Waals surface area contributed by atoms with Crippen LogP contribution in [0.25, 0.3) is 0 Å². The zero-order valence-electron chi connectivity index (χ0n) is 18.4. The average molecular weight is 430 g/mol. The molecular formula is C22H31N5O4. The van der Waals surface area contributed by atoms with Crippen molar-refractivity contribution in [2.24, 2.45) is 4.99 Å². The monoisotopic (exact) mass is 429 g/mol. The molecule has 0 aliphatic carbocycles. The van der Waals surface area contributed by atoms with Crippen molar-refractivity contribution in [3.05, 3.63) is 47.9 Å². The predicted octanol–water partition coefficient (Wildman–Crippen LogP) is 1.31. The molecule has 9 heteroatoms. The van der Waals surface area contributed by atoms with E-state index in [-0.39, 0.29) is 12.5 Å². The molecule has 2 heterocycles. The van der Waals surface area contributed by atoms with Gasteiger partial charge in [-0.3, -0.25) is 14.7 Å². The van der Waals surface area contributed by atoms with Gasteiger partial charge in [-0.25, -0.2) is 0 Å². The quantitative estimate of drug-likeness (QED) is 0.483. The van der Waals surface area contributed by atoms with E-state index in [9.17, 15) is 4.79 Å². The Morgan fingerprint density at radius 3 is 2.58 bits per heavy atom. The van der Waals surface area contributed by atoms with Crippen LogP contribution in [0.15, 0.2) is 46.0 Å². The van der Waals surface area contributed by atoms with Gasteiger partial charge >= 0.3 is 0 Å². The molecule has 31 heavy (non-hydrogen) atoms. The molecule has 168 valence electrons. The summed E-state index contributed by atoms with van der Waals surface area (Å²) in [5.41, 5.74) is 1.10. The molecule has 1 aliphatic heterocycles. The third kappa shape index (κ3) is 6.39. The Kier molecular flexibility index (Phi) is 8.17. The summed E-state index contributed by atoms with van der Waals surface area (Å²) in [7, 11) is 5.08. The number of nitrogens with zero attached hydrogens (tertiary/aromatic N) is 3. The van der Waals surface area contributed by atoms with E-state index in [0.29, 0.717) is 6.54 Å². The molecule has 0 unspecified atom stereocenters. The maximum absolute atomic E-state index is 12.1. The Bertz CT molecular complexity index is 861. The number of guanidine groups is 1. The minimum atomic E-state index is -0.110. The predicted molar refractivity (Wildman–Crippen MR) is 118 cm³/mol. The molecule has 0 radical (unpaired) electrons. The van der Waals surface area contributed by atoms with Crippen molar-refractivity contribution in [1.82, 2.24) is 20.4 Å². The molecule has 1 aromatic carbocycles. The van der Waals surface area contributed by atoms with Crippen LogP contribution in [0.1, 0.15) is 11.3 Å². The van der Waals surface area contributed by atoms with Gasteiger partial charge in [0.05, 0.1) is 33.6 Å². The number of nitrogens with one attached hydrogen (secondary N) is 2. The van der Waals surface area contributed by atoms with Crippen LogP contribution in [0, 0.1) is 0 Å². The number of piperazine rings is 1.